The average molecular weight is 762 g/mol. The van der Waals surface area contributed by atoms with Gasteiger partial charge >= 0.3 is 5.97 Å². The molecule has 53 heavy (non-hydrogen) atoms. The fraction of sp³-hybridized carbons (Fsp3) is 0.949. The zero-order chi connectivity index (χ0) is 40.4. The number of Topliss-reactive ketones (excluding diaryl/α,β-unsaturated/α-hetero) is 1. The van der Waals surface area contributed by atoms with Crippen LogP contribution in [0, 0.1) is 23.7 Å². The van der Waals surface area contributed by atoms with E-state index in [1.165, 1.54) is 21.1 Å². The van der Waals surface area contributed by atoms with Crippen LogP contribution in [-0.2, 0) is 42.7 Å². The number of aliphatic hydroxyl groups excluding tert-OH is 3. The second-order valence-electron chi connectivity index (χ2n) is 17.0. The van der Waals surface area contributed by atoms with E-state index >= 15 is 0 Å². The van der Waals surface area contributed by atoms with E-state index < -0.39 is 102 Å². The molecule has 0 amide bonds. The number of likely N-dealkylation sites (N-methyl/N-ethyl adjacent to an activating group) is 1. The first-order chi connectivity index (χ1) is 24.5. The molecule has 13 unspecified atom stereocenters. The molecule has 0 aliphatic carbocycles. The molecule has 18 atom stereocenters. The first-order valence-electron chi connectivity index (χ1n) is 19.3. The van der Waals surface area contributed by atoms with Crippen LogP contribution in [0.4, 0.5) is 0 Å². The largest absolute Gasteiger partial charge is 0.459 e. The Balaban J connectivity index is 2.17. The van der Waals surface area contributed by atoms with E-state index in [1.807, 2.05) is 46.7 Å². The highest BCUT2D eigenvalue weighted by Crippen LogP contribution is 2.40. The number of ketones is 1. The number of rotatable bonds is 9. The van der Waals surface area contributed by atoms with Gasteiger partial charge in [0.25, 0.3) is 0 Å². The first kappa shape index (κ1) is 46.1. The predicted molar refractivity (Wildman–Crippen MR) is 196 cm³/mol. The van der Waals surface area contributed by atoms with Gasteiger partial charge in [0.15, 0.2) is 6.29 Å². The van der Waals surface area contributed by atoms with Crippen molar-refractivity contribution < 1.29 is 63.2 Å². The Hall–Kier alpha value is -1.30. The maximum atomic E-state index is 14.1. The summed E-state index contributed by atoms with van der Waals surface area (Å²) in [6.45, 7) is 17.3. The number of hydrogen-bond donors (Lipinski definition) is 4. The number of hydrogen-bond acceptors (Lipinski definition) is 14. The molecule has 0 aromatic heterocycles. The molecule has 0 saturated carbocycles. The maximum Gasteiger partial charge on any atom is 0.311 e. The predicted octanol–water partition coefficient (Wildman–Crippen LogP) is 2.48. The molecule has 0 bridgehead atoms. The van der Waals surface area contributed by atoms with Crippen molar-refractivity contribution >= 4 is 11.8 Å². The molecule has 3 aliphatic heterocycles. The number of cyclic esters (lactones) is 1. The summed E-state index contributed by atoms with van der Waals surface area (Å²) < 4.78 is 43.8. The number of carbonyl (C=O) groups is 2. The Kier molecular flexibility index (Phi) is 15.9. The SMILES string of the molecule is CCC1OC(=O)C(C)C(OC[C@H]2C[C@](C)(OC)[C@@H](O)C(C)O2)C(C)C(O[C@@H]2OC(C)C[C@@H](N(C)C)C2O)C(C)(OC)CC(C)C(=O)C(C)C(O)C1(C)O. The molecular formula is C39H71NO13. The van der Waals surface area contributed by atoms with Gasteiger partial charge in [-0.2, -0.15) is 0 Å². The second-order valence-corrected chi connectivity index (χ2v) is 17.0. The summed E-state index contributed by atoms with van der Waals surface area (Å²) in [4.78, 5) is 30.1. The minimum atomic E-state index is -1.95. The van der Waals surface area contributed by atoms with E-state index in [0.29, 0.717) is 12.8 Å². The Morgan fingerprint density at radius 1 is 0.868 bits per heavy atom. The van der Waals surface area contributed by atoms with Crippen molar-refractivity contribution in [1.29, 1.82) is 0 Å². The first-order valence-corrected chi connectivity index (χ1v) is 19.3. The van der Waals surface area contributed by atoms with Gasteiger partial charge in [-0.3, -0.25) is 9.59 Å². The van der Waals surface area contributed by atoms with Gasteiger partial charge in [0.05, 0.1) is 60.4 Å². The number of ether oxygens (including phenoxy) is 7. The standard InChI is InChI=1S/C39H71NO13/c1-15-28-39(10,46)32(43)22(4)29(41)20(2)17-38(9,48-14)34(53-36-30(42)27(40(11)12)16-21(3)50-36)23(5)31(24(6)35(45)52-28)49-19-26-18-37(8,47-13)33(44)25(7)51-26/h20-28,30-34,36,42-44,46H,15-19H2,1-14H3/t20?,21?,22?,23?,24?,25?,26-,27-,28?,30?,31?,32?,33+,34?,36+,37+,38?,39?/m1/s1. The number of nitrogens with zero attached hydrogens (tertiary/aromatic N) is 1. The zero-order valence-electron chi connectivity index (χ0n) is 34.6. The monoisotopic (exact) mass is 761 g/mol. The van der Waals surface area contributed by atoms with Gasteiger partial charge in [-0.05, 0) is 74.9 Å². The van der Waals surface area contributed by atoms with Crippen molar-refractivity contribution in [3.63, 3.8) is 0 Å². The number of methoxy groups -OCH3 is 2. The maximum absolute atomic E-state index is 14.1. The summed E-state index contributed by atoms with van der Waals surface area (Å²) in [5.41, 5.74) is -4.08. The van der Waals surface area contributed by atoms with Crippen LogP contribution in [0.3, 0.4) is 0 Å². The molecule has 3 saturated heterocycles. The lowest BCUT2D eigenvalue weighted by molar-refractivity contribution is -0.303. The molecule has 3 heterocycles. The zero-order valence-corrected chi connectivity index (χ0v) is 34.6. The Morgan fingerprint density at radius 2 is 1.47 bits per heavy atom. The highest BCUT2D eigenvalue weighted by atomic mass is 16.7. The molecule has 3 aliphatic rings. The minimum absolute atomic E-state index is 0.0153. The lowest BCUT2D eigenvalue weighted by Gasteiger charge is -2.49. The normalized spacial score (nSPS) is 48.3. The Morgan fingerprint density at radius 3 is 2.02 bits per heavy atom. The lowest BCUT2D eigenvalue weighted by Crippen LogP contribution is -2.61. The molecule has 3 rings (SSSR count). The fourth-order valence-corrected chi connectivity index (χ4v) is 8.89. The van der Waals surface area contributed by atoms with Crippen molar-refractivity contribution in [2.75, 3.05) is 34.9 Å². The molecule has 14 nitrogen and oxygen atoms in total. The third-order valence-electron chi connectivity index (χ3n) is 12.5. The van der Waals surface area contributed by atoms with E-state index in [-0.39, 0.29) is 37.4 Å². The van der Waals surface area contributed by atoms with Gasteiger partial charge in [-0.25, -0.2) is 0 Å². The van der Waals surface area contributed by atoms with E-state index in [0.717, 1.165) is 0 Å². The molecule has 4 N–H and O–H groups in total. The topological polar surface area (TPSA) is 183 Å². The van der Waals surface area contributed by atoms with E-state index in [9.17, 15) is 30.0 Å². The van der Waals surface area contributed by atoms with Crippen molar-refractivity contribution in [2.24, 2.45) is 23.7 Å². The van der Waals surface area contributed by atoms with Crippen LogP contribution in [0.5, 0.6) is 0 Å². The van der Waals surface area contributed by atoms with E-state index in [1.54, 1.807) is 34.6 Å². The van der Waals surface area contributed by atoms with Gasteiger partial charge in [-0.15, -0.1) is 0 Å². The molecule has 0 aromatic carbocycles. The number of aliphatic hydroxyl groups is 4. The number of esters is 1. The van der Waals surface area contributed by atoms with E-state index in [2.05, 4.69) is 0 Å². The van der Waals surface area contributed by atoms with Crippen molar-refractivity contribution in [3.8, 4) is 0 Å². The number of carbonyl (C=O) groups excluding carboxylic acids is 2. The molecule has 0 spiro atoms. The van der Waals surface area contributed by atoms with Crippen molar-refractivity contribution in [2.45, 2.75) is 179 Å². The summed E-state index contributed by atoms with van der Waals surface area (Å²) in [5, 5.41) is 45.5. The second kappa shape index (κ2) is 18.3. The molecule has 14 heteroatoms. The summed E-state index contributed by atoms with van der Waals surface area (Å²) in [6, 6.07) is -0.273. The van der Waals surface area contributed by atoms with Crippen LogP contribution in [0.1, 0.15) is 94.9 Å². The third-order valence-corrected chi connectivity index (χ3v) is 12.5. The van der Waals surface area contributed by atoms with Gasteiger partial charge < -0.3 is 58.5 Å². The van der Waals surface area contributed by atoms with Crippen LogP contribution >= 0.6 is 0 Å². The minimum Gasteiger partial charge on any atom is -0.459 e. The van der Waals surface area contributed by atoms with Crippen LogP contribution in [0.25, 0.3) is 0 Å². The summed E-state index contributed by atoms with van der Waals surface area (Å²) in [5.74, 6) is -4.31. The smallest absolute Gasteiger partial charge is 0.311 e. The molecule has 0 aromatic rings. The third kappa shape index (κ3) is 9.99. The summed E-state index contributed by atoms with van der Waals surface area (Å²) in [7, 11) is 6.82. The van der Waals surface area contributed by atoms with Gasteiger partial charge in [0, 0.05) is 44.4 Å². The van der Waals surface area contributed by atoms with Crippen LogP contribution in [0.15, 0.2) is 0 Å². The van der Waals surface area contributed by atoms with Crippen LogP contribution in [0.2, 0.25) is 0 Å². The quantitative estimate of drug-likeness (QED) is 0.252. The van der Waals surface area contributed by atoms with E-state index in [4.69, 9.17) is 33.2 Å². The summed E-state index contributed by atoms with van der Waals surface area (Å²) in [6.07, 6.45) is -7.69. The molecule has 310 valence electrons. The highest BCUT2D eigenvalue weighted by molar-refractivity contribution is 5.83. The van der Waals surface area contributed by atoms with Crippen LogP contribution in [-0.4, -0.2) is 156 Å². The lowest BCUT2D eigenvalue weighted by atomic mass is 9.74. The molecular weight excluding hydrogens is 690 g/mol. The Bertz CT molecular complexity index is 1200. The molecule has 3 fully saturated rings. The van der Waals surface area contributed by atoms with Gasteiger partial charge in [0.2, 0.25) is 0 Å². The van der Waals surface area contributed by atoms with Crippen LogP contribution < -0.4 is 0 Å². The fourth-order valence-electron chi connectivity index (χ4n) is 8.89. The van der Waals surface area contributed by atoms with Crippen molar-refractivity contribution in [1.82, 2.24) is 4.90 Å². The summed E-state index contributed by atoms with van der Waals surface area (Å²) >= 11 is 0. The highest BCUT2D eigenvalue weighted by Gasteiger charge is 2.53. The van der Waals surface area contributed by atoms with Gasteiger partial charge in [-0.1, -0.05) is 27.7 Å². The average Bonchev–Trinajstić information content (AvgIpc) is 3.10. The molecule has 0 radical (unpaired) electrons. The van der Waals surface area contributed by atoms with Gasteiger partial charge in [0.1, 0.15) is 29.7 Å². The van der Waals surface area contributed by atoms with Crippen molar-refractivity contribution in [3.05, 3.63) is 0 Å². The Labute approximate surface area is 317 Å².